The van der Waals surface area contributed by atoms with Crippen molar-refractivity contribution in [3.8, 4) is 5.75 Å². The monoisotopic (exact) mass is 369 g/mol. The van der Waals surface area contributed by atoms with Gasteiger partial charge in [-0.1, -0.05) is 26.2 Å². The summed E-state index contributed by atoms with van der Waals surface area (Å²) in [6.45, 7) is 3.33. The van der Waals surface area contributed by atoms with Crippen LogP contribution in [-0.4, -0.2) is 48.9 Å². The second kappa shape index (κ2) is 14.0. The number of aliphatic hydroxyl groups excluding tert-OH is 1. The van der Waals surface area contributed by atoms with Gasteiger partial charge in [0.05, 0.1) is 6.61 Å². The Balaban J connectivity index is 2.18. The first-order valence-electron chi connectivity index (χ1n) is 8.93. The first kappa shape index (κ1) is 21.8. The first-order valence-corrected chi connectivity index (χ1v) is 10.3. The molecule has 0 heterocycles. The van der Waals surface area contributed by atoms with Crippen LogP contribution in [0.25, 0.3) is 0 Å². The van der Waals surface area contributed by atoms with Crippen molar-refractivity contribution in [2.24, 2.45) is 0 Å². The van der Waals surface area contributed by atoms with Crippen LogP contribution in [0.2, 0.25) is 0 Å². The molecule has 0 aromatic heterocycles. The number of amides is 1. The van der Waals surface area contributed by atoms with E-state index >= 15 is 0 Å². The van der Waals surface area contributed by atoms with Crippen LogP contribution in [0.3, 0.4) is 0 Å². The second-order valence-electron chi connectivity index (χ2n) is 5.92. The zero-order chi connectivity index (χ0) is 18.3. The third kappa shape index (κ3) is 11.1. The molecule has 0 radical (unpaired) electrons. The van der Waals surface area contributed by atoms with Gasteiger partial charge in [0.2, 0.25) is 5.91 Å². The lowest BCUT2D eigenvalue weighted by Crippen LogP contribution is -2.23. The van der Waals surface area contributed by atoms with Crippen LogP contribution in [-0.2, 0) is 9.53 Å². The molecule has 0 saturated heterocycles. The highest BCUT2D eigenvalue weighted by molar-refractivity contribution is 7.98. The van der Waals surface area contributed by atoms with Crippen LogP contribution in [0.5, 0.6) is 5.75 Å². The van der Waals surface area contributed by atoms with Gasteiger partial charge in [-0.3, -0.25) is 4.79 Å². The number of aliphatic hydroxyl groups is 1. The minimum atomic E-state index is -0.642. The van der Waals surface area contributed by atoms with Gasteiger partial charge < -0.3 is 19.9 Å². The third-order valence-corrected chi connectivity index (χ3v) is 4.18. The van der Waals surface area contributed by atoms with Crippen molar-refractivity contribution in [2.45, 2.75) is 45.1 Å². The van der Waals surface area contributed by atoms with Crippen molar-refractivity contribution in [3.05, 3.63) is 24.3 Å². The molecule has 1 amide bonds. The molecular formula is C19H31NO4S. The molecule has 25 heavy (non-hydrogen) atoms. The highest BCUT2D eigenvalue weighted by atomic mass is 32.2. The Kier molecular flexibility index (Phi) is 12.2. The topological polar surface area (TPSA) is 67.8 Å². The maximum Gasteiger partial charge on any atom is 0.225 e. The normalized spacial score (nSPS) is 12.0. The molecule has 1 atom stereocenters. The van der Waals surface area contributed by atoms with Gasteiger partial charge in [-0.2, -0.15) is 11.8 Å². The lowest BCUT2D eigenvalue weighted by Gasteiger charge is -2.13. The highest BCUT2D eigenvalue weighted by Gasteiger charge is 2.06. The van der Waals surface area contributed by atoms with Crippen LogP contribution < -0.4 is 10.1 Å². The molecular weight excluding hydrogens is 338 g/mol. The number of hydrogen-bond donors (Lipinski definition) is 2. The van der Waals surface area contributed by atoms with E-state index < -0.39 is 6.10 Å². The van der Waals surface area contributed by atoms with E-state index in [0.717, 1.165) is 17.9 Å². The molecule has 0 aliphatic heterocycles. The predicted octanol–water partition coefficient (Wildman–Crippen LogP) is 3.71. The summed E-state index contributed by atoms with van der Waals surface area (Å²) in [4.78, 5) is 11.7. The SMILES string of the molecule is CCCCCCOCC(O)COc1ccc(NC(=O)CCSC)cc1. The van der Waals surface area contributed by atoms with Gasteiger partial charge in [0.1, 0.15) is 18.5 Å². The number of nitrogens with one attached hydrogen (secondary N) is 1. The second-order valence-corrected chi connectivity index (χ2v) is 6.90. The minimum absolute atomic E-state index is 0.00882. The Morgan fingerprint density at radius 2 is 1.96 bits per heavy atom. The minimum Gasteiger partial charge on any atom is -0.491 e. The molecule has 0 spiro atoms. The molecule has 0 aliphatic rings. The molecule has 0 saturated carbocycles. The van der Waals surface area contributed by atoms with Gasteiger partial charge in [-0.15, -0.1) is 0 Å². The van der Waals surface area contributed by atoms with Crippen LogP contribution >= 0.6 is 11.8 Å². The molecule has 2 N–H and O–H groups in total. The van der Waals surface area contributed by atoms with Crippen molar-refractivity contribution in [2.75, 3.05) is 37.1 Å². The molecule has 1 rings (SSSR count). The zero-order valence-electron chi connectivity index (χ0n) is 15.3. The zero-order valence-corrected chi connectivity index (χ0v) is 16.1. The number of anilines is 1. The molecule has 142 valence electrons. The smallest absolute Gasteiger partial charge is 0.225 e. The summed E-state index contributed by atoms with van der Waals surface area (Å²) in [5, 5.41) is 12.7. The maximum absolute atomic E-state index is 11.7. The number of hydrogen-bond acceptors (Lipinski definition) is 5. The maximum atomic E-state index is 11.7. The molecule has 0 fully saturated rings. The Morgan fingerprint density at radius 1 is 1.20 bits per heavy atom. The van der Waals surface area contributed by atoms with Crippen LogP contribution in [0.15, 0.2) is 24.3 Å². The summed E-state index contributed by atoms with van der Waals surface area (Å²) < 4.78 is 11.0. The number of thioether (sulfide) groups is 1. The van der Waals surface area contributed by atoms with E-state index in [0.29, 0.717) is 18.8 Å². The van der Waals surface area contributed by atoms with Crippen molar-refractivity contribution in [3.63, 3.8) is 0 Å². The van der Waals surface area contributed by atoms with Gasteiger partial charge in [-0.25, -0.2) is 0 Å². The van der Waals surface area contributed by atoms with Gasteiger partial charge in [0.15, 0.2) is 0 Å². The van der Waals surface area contributed by atoms with Crippen LogP contribution in [0.4, 0.5) is 5.69 Å². The fourth-order valence-electron chi connectivity index (χ4n) is 2.14. The fourth-order valence-corrected chi connectivity index (χ4v) is 2.53. The van der Waals surface area contributed by atoms with Crippen molar-refractivity contribution < 1.29 is 19.4 Å². The molecule has 5 nitrogen and oxygen atoms in total. The van der Waals surface area contributed by atoms with E-state index in [-0.39, 0.29) is 19.1 Å². The molecule has 1 aromatic rings. The number of rotatable bonds is 14. The fraction of sp³-hybridized carbons (Fsp3) is 0.632. The Morgan fingerprint density at radius 3 is 2.64 bits per heavy atom. The quantitative estimate of drug-likeness (QED) is 0.489. The van der Waals surface area contributed by atoms with E-state index in [2.05, 4.69) is 12.2 Å². The standard InChI is InChI=1S/C19H31NO4S/c1-3-4-5-6-12-23-14-17(21)15-24-18-9-7-16(8-10-18)20-19(22)11-13-25-2/h7-10,17,21H,3-6,11-15H2,1-2H3,(H,20,22). The summed E-state index contributed by atoms with van der Waals surface area (Å²) in [6.07, 6.45) is 6.47. The molecule has 0 aliphatic carbocycles. The first-order chi connectivity index (χ1) is 12.2. The number of carbonyl (C=O) groups excluding carboxylic acids is 1. The Hall–Kier alpha value is -1.24. The van der Waals surface area contributed by atoms with Crippen LogP contribution in [0.1, 0.15) is 39.0 Å². The van der Waals surface area contributed by atoms with E-state index in [9.17, 15) is 9.90 Å². The highest BCUT2D eigenvalue weighted by Crippen LogP contribution is 2.16. The Bertz CT molecular complexity index is 467. The lowest BCUT2D eigenvalue weighted by atomic mass is 10.2. The largest absolute Gasteiger partial charge is 0.491 e. The lowest BCUT2D eigenvalue weighted by molar-refractivity contribution is -0.115. The summed E-state index contributed by atoms with van der Waals surface area (Å²) in [7, 11) is 0. The number of carbonyl (C=O) groups is 1. The van der Waals surface area contributed by atoms with Crippen molar-refractivity contribution in [1.29, 1.82) is 0 Å². The predicted molar refractivity (Wildman–Crippen MR) is 105 cm³/mol. The van der Waals surface area contributed by atoms with Crippen molar-refractivity contribution in [1.82, 2.24) is 0 Å². The number of ether oxygens (including phenoxy) is 2. The average molecular weight is 370 g/mol. The summed E-state index contributed by atoms with van der Waals surface area (Å²) in [5.41, 5.74) is 0.745. The Labute approximate surface area is 155 Å². The van der Waals surface area contributed by atoms with Gasteiger partial charge in [0, 0.05) is 24.5 Å². The molecule has 1 unspecified atom stereocenters. The third-order valence-electron chi connectivity index (χ3n) is 3.57. The van der Waals surface area contributed by atoms with Gasteiger partial charge >= 0.3 is 0 Å². The van der Waals surface area contributed by atoms with Gasteiger partial charge in [-0.05, 0) is 36.9 Å². The van der Waals surface area contributed by atoms with E-state index in [1.807, 2.05) is 6.26 Å². The van der Waals surface area contributed by atoms with E-state index in [1.54, 1.807) is 36.0 Å². The number of benzene rings is 1. The summed E-state index contributed by atoms with van der Waals surface area (Å²) in [6, 6.07) is 7.15. The summed E-state index contributed by atoms with van der Waals surface area (Å²) >= 11 is 1.65. The number of unbranched alkanes of at least 4 members (excludes halogenated alkanes) is 3. The average Bonchev–Trinajstić information content (AvgIpc) is 2.62. The van der Waals surface area contributed by atoms with E-state index in [4.69, 9.17) is 9.47 Å². The molecule has 6 heteroatoms. The summed E-state index contributed by atoms with van der Waals surface area (Å²) in [5.74, 6) is 1.48. The van der Waals surface area contributed by atoms with E-state index in [1.165, 1.54) is 19.3 Å². The van der Waals surface area contributed by atoms with Crippen LogP contribution in [0, 0.1) is 0 Å². The van der Waals surface area contributed by atoms with Crippen molar-refractivity contribution >= 4 is 23.4 Å². The van der Waals surface area contributed by atoms with Gasteiger partial charge in [0.25, 0.3) is 0 Å². The molecule has 1 aromatic carbocycles. The molecule has 0 bridgehead atoms.